The standard InChI is InChI=1S/C48H29NO2S/c1-4-19-43-37(12-1)39-27-26-34(29-45(39)50-43)49(32-24-22-30(23-25-32)36-16-9-18-42-40-14-3-6-21-46(40)52-48(36)42)33-11-7-10-31(28-33)35-15-8-17-41-38-13-2-5-20-44(38)51-47(35)41/h1-29H. The summed E-state index contributed by atoms with van der Waals surface area (Å²) >= 11 is 1.86. The summed E-state index contributed by atoms with van der Waals surface area (Å²) in [5.41, 5.74) is 11.3. The molecule has 0 spiro atoms. The molecule has 52 heavy (non-hydrogen) atoms. The first-order valence-corrected chi connectivity index (χ1v) is 18.3. The van der Waals surface area contributed by atoms with Crippen LogP contribution in [0.25, 0.3) is 86.3 Å². The van der Waals surface area contributed by atoms with E-state index in [1.807, 2.05) is 35.6 Å². The van der Waals surface area contributed by atoms with Crippen molar-refractivity contribution in [3.63, 3.8) is 0 Å². The van der Waals surface area contributed by atoms with E-state index in [1.165, 1.54) is 31.3 Å². The highest BCUT2D eigenvalue weighted by atomic mass is 32.1. The molecule has 0 saturated carbocycles. The van der Waals surface area contributed by atoms with Crippen molar-refractivity contribution in [2.24, 2.45) is 0 Å². The molecule has 3 nitrogen and oxygen atoms in total. The molecule has 3 aromatic heterocycles. The van der Waals surface area contributed by atoms with Crippen LogP contribution in [0.5, 0.6) is 0 Å². The molecule has 3 heterocycles. The number of nitrogens with zero attached hydrogens (tertiary/aromatic N) is 1. The van der Waals surface area contributed by atoms with Gasteiger partial charge in [-0.25, -0.2) is 0 Å². The summed E-state index contributed by atoms with van der Waals surface area (Å²) in [6.07, 6.45) is 0. The highest BCUT2D eigenvalue weighted by Gasteiger charge is 2.19. The Balaban J connectivity index is 1.07. The smallest absolute Gasteiger partial charge is 0.143 e. The highest BCUT2D eigenvalue weighted by molar-refractivity contribution is 7.26. The molecule has 0 aliphatic rings. The van der Waals surface area contributed by atoms with E-state index in [-0.39, 0.29) is 0 Å². The van der Waals surface area contributed by atoms with Crippen LogP contribution < -0.4 is 4.90 Å². The summed E-state index contributed by atoms with van der Waals surface area (Å²) in [6.45, 7) is 0. The Kier molecular flexibility index (Phi) is 6.42. The van der Waals surface area contributed by atoms with Crippen molar-refractivity contribution in [2.75, 3.05) is 4.90 Å². The van der Waals surface area contributed by atoms with Crippen molar-refractivity contribution in [1.29, 1.82) is 0 Å². The molecule has 4 heteroatoms. The maximum absolute atomic E-state index is 6.46. The molecular formula is C48H29NO2S. The lowest BCUT2D eigenvalue weighted by molar-refractivity contribution is 0.669. The number of para-hydroxylation sites is 3. The van der Waals surface area contributed by atoms with Gasteiger partial charge in [-0.1, -0.05) is 115 Å². The summed E-state index contributed by atoms with van der Waals surface area (Å²) in [5.74, 6) is 0. The van der Waals surface area contributed by atoms with Crippen molar-refractivity contribution in [3.05, 3.63) is 176 Å². The molecule has 11 rings (SSSR count). The molecule has 0 unspecified atom stereocenters. The summed E-state index contributed by atoms with van der Waals surface area (Å²) < 4.78 is 15.5. The van der Waals surface area contributed by atoms with E-state index in [0.29, 0.717) is 0 Å². The Hall–Kier alpha value is -6.62. The summed E-state index contributed by atoms with van der Waals surface area (Å²) in [5, 5.41) is 7.09. The van der Waals surface area contributed by atoms with Gasteiger partial charge >= 0.3 is 0 Å². The monoisotopic (exact) mass is 683 g/mol. The molecule has 0 atom stereocenters. The molecular weight excluding hydrogens is 655 g/mol. The van der Waals surface area contributed by atoms with Gasteiger partial charge in [-0.2, -0.15) is 0 Å². The fourth-order valence-electron chi connectivity index (χ4n) is 7.85. The fourth-order valence-corrected chi connectivity index (χ4v) is 9.09. The number of hydrogen-bond acceptors (Lipinski definition) is 4. The van der Waals surface area contributed by atoms with Gasteiger partial charge in [-0.05, 0) is 71.3 Å². The van der Waals surface area contributed by atoms with Crippen LogP contribution in [0.1, 0.15) is 0 Å². The van der Waals surface area contributed by atoms with Gasteiger partial charge in [0.25, 0.3) is 0 Å². The zero-order valence-corrected chi connectivity index (χ0v) is 28.7. The van der Waals surface area contributed by atoms with Gasteiger partial charge in [-0.3, -0.25) is 0 Å². The molecule has 0 saturated heterocycles. The van der Waals surface area contributed by atoms with Crippen LogP contribution in [0.3, 0.4) is 0 Å². The molecule has 0 N–H and O–H groups in total. The predicted molar refractivity (Wildman–Crippen MR) is 219 cm³/mol. The predicted octanol–water partition coefficient (Wildman–Crippen LogP) is 14.7. The van der Waals surface area contributed by atoms with Gasteiger partial charge in [-0.15, -0.1) is 11.3 Å². The van der Waals surface area contributed by atoms with E-state index in [2.05, 4.69) is 157 Å². The Morgan fingerprint density at radius 2 is 0.981 bits per heavy atom. The Morgan fingerprint density at radius 1 is 0.365 bits per heavy atom. The van der Waals surface area contributed by atoms with Gasteiger partial charge in [0.1, 0.15) is 22.3 Å². The van der Waals surface area contributed by atoms with Crippen LogP contribution in [-0.2, 0) is 0 Å². The SMILES string of the molecule is c1cc(-c2cccc3c2oc2ccccc23)cc(N(c2ccc(-c3cccc4c3sc3ccccc34)cc2)c2ccc3c(c2)oc2ccccc23)c1. The Morgan fingerprint density at radius 3 is 1.83 bits per heavy atom. The van der Waals surface area contributed by atoms with Crippen LogP contribution in [-0.4, -0.2) is 0 Å². The normalized spacial score (nSPS) is 11.8. The maximum Gasteiger partial charge on any atom is 0.143 e. The third-order valence-corrected chi connectivity index (χ3v) is 11.5. The maximum atomic E-state index is 6.46. The second-order valence-electron chi connectivity index (χ2n) is 13.3. The van der Waals surface area contributed by atoms with Gasteiger partial charge in [0.05, 0.1) is 0 Å². The minimum atomic E-state index is 0.861. The van der Waals surface area contributed by atoms with Crippen molar-refractivity contribution < 1.29 is 8.83 Å². The lowest BCUT2D eigenvalue weighted by atomic mass is 10.0. The number of fused-ring (bicyclic) bond motifs is 9. The second-order valence-corrected chi connectivity index (χ2v) is 14.3. The third-order valence-electron chi connectivity index (χ3n) is 10.3. The number of hydrogen-bond donors (Lipinski definition) is 0. The lowest BCUT2D eigenvalue weighted by Gasteiger charge is -2.26. The van der Waals surface area contributed by atoms with E-state index in [1.54, 1.807) is 0 Å². The lowest BCUT2D eigenvalue weighted by Crippen LogP contribution is -2.10. The van der Waals surface area contributed by atoms with Crippen LogP contribution in [0.4, 0.5) is 17.1 Å². The first-order valence-electron chi connectivity index (χ1n) is 17.5. The van der Waals surface area contributed by atoms with Crippen LogP contribution in [0.2, 0.25) is 0 Å². The van der Waals surface area contributed by atoms with Gasteiger partial charge in [0.15, 0.2) is 0 Å². The Bertz CT molecular complexity index is 3150. The molecule has 0 radical (unpaired) electrons. The highest BCUT2D eigenvalue weighted by Crippen LogP contribution is 2.44. The zero-order valence-electron chi connectivity index (χ0n) is 27.9. The van der Waals surface area contributed by atoms with Crippen LogP contribution in [0, 0.1) is 0 Å². The number of rotatable bonds is 5. The third kappa shape index (κ3) is 4.51. The number of benzene rings is 8. The summed E-state index contributed by atoms with van der Waals surface area (Å²) in [4.78, 5) is 2.32. The van der Waals surface area contributed by atoms with Gasteiger partial charge < -0.3 is 13.7 Å². The summed E-state index contributed by atoms with van der Waals surface area (Å²) in [7, 11) is 0. The van der Waals surface area contributed by atoms with E-state index in [0.717, 1.165) is 72.1 Å². The van der Waals surface area contributed by atoms with E-state index < -0.39 is 0 Å². The number of thiophene rings is 1. The summed E-state index contributed by atoms with van der Waals surface area (Å²) in [6, 6.07) is 62.5. The second kappa shape index (κ2) is 11.5. The molecule has 244 valence electrons. The van der Waals surface area contributed by atoms with E-state index >= 15 is 0 Å². The molecule has 8 aromatic carbocycles. The van der Waals surface area contributed by atoms with Crippen molar-refractivity contribution in [2.45, 2.75) is 0 Å². The van der Waals surface area contributed by atoms with E-state index in [9.17, 15) is 0 Å². The van der Waals surface area contributed by atoms with E-state index in [4.69, 9.17) is 8.83 Å². The van der Waals surface area contributed by atoms with Crippen molar-refractivity contribution in [3.8, 4) is 22.3 Å². The fraction of sp³-hybridized carbons (Fsp3) is 0. The largest absolute Gasteiger partial charge is 0.456 e. The van der Waals surface area contributed by atoms with Gasteiger partial charge in [0, 0.05) is 70.4 Å². The Labute approximate surface area is 303 Å². The van der Waals surface area contributed by atoms with Gasteiger partial charge in [0.2, 0.25) is 0 Å². The van der Waals surface area contributed by atoms with Crippen molar-refractivity contribution in [1.82, 2.24) is 0 Å². The molecule has 11 aromatic rings. The molecule has 0 bridgehead atoms. The average Bonchev–Trinajstić information content (AvgIpc) is 3.89. The first-order chi connectivity index (χ1) is 25.8. The number of anilines is 3. The van der Waals surface area contributed by atoms with Crippen molar-refractivity contribution >= 4 is 92.4 Å². The minimum absolute atomic E-state index is 0.861. The minimum Gasteiger partial charge on any atom is -0.456 e. The molecule has 0 fully saturated rings. The topological polar surface area (TPSA) is 29.5 Å². The molecule has 0 amide bonds. The van der Waals surface area contributed by atoms with Crippen LogP contribution >= 0.6 is 11.3 Å². The number of furan rings is 2. The zero-order chi connectivity index (χ0) is 34.2. The van der Waals surface area contributed by atoms with Crippen LogP contribution in [0.15, 0.2) is 185 Å². The average molecular weight is 684 g/mol. The quantitative estimate of drug-likeness (QED) is 0.181. The first kappa shape index (κ1) is 29.1. The molecule has 0 aliphatic heterocycles. The molecule has 0 aliphatic carbocycles.